The van der Waals surface area contributed by atoms with Gasteiger partial charge in [-0.2, -0.15) is 25.9 Å². The van der Waals surface area contributed by atoms with E-state index in [0.717, 1.165) is 20.8 Å². The number of nitrogens with one attached hydrogen (secondary N) is 2. The molecule has 1 aliphatic rings. The molecule has 10 nitrogen and oxygen atoms in total. The Bertz CT molecular complexity index is 1590. The van der Waals surface area contributed by atoms with Gasteiger partial charge in [-0.3, -0.25) is 14.5 Å². The predicted molar refractivity (Wildman–Crippen MR) is 144 cm³/mol. The van der Waals surface area contributed by atoms with Gasteiger partial charge in [0.25, 0.3) is 5.91 Å². The maximum Gasteiger partial charge on any atom is 0.490 e. The van der Waals surface area contributed by atoms with Crippen LogP contribution < -0.4 is 10.0 Å². The van der Waals surface area contributed by atoms with Gasteiger partial charge >= 0.3 is 22.4 Å². The number of amides is 1. The second-order valence-electron chi connectivity index (χ2n) is 7.80. The largest absolute Gasteiger partial charge is 0.490 e. The summed E-state index contributed by atoms with van der Waals surface area (Å²) in [4.78, 5) is 30.5. The summed E-state index contributed by atoms with van der Waals surface area (Å²) in [6, 6.07) is 14.1. The Kier molecular flexibility index (Phi) is 9.22. The molecular weight excluding hydrogens is 583 g/mol. The number of nitrogens with zero attached hydrogens (tertiary/aromatic N) is 3. The molecule has 3 N–H and O–H groups in total. The number of aliphatic carboxylic acids is 1. The first-order valence-corrected chi connectivity index (χ1v) is 13.2. The number of pyridine rings is 1. The van der Waals surface area contributed by atoms with Gasteiger partial charge in [-0.15, -0.1) is 0 Å². The van der Waals surface area contributed by atoms with Crippen molar-refractivity contribution in [2.75, 3.05) is 18.8 Å². The summed E-state index contributed by atoms with van der Waals surface area (Å²) in [6.07, 6.45) is -1.58. The van der Waals surface area contributed by atoms with Crippen LogP contribution in [0.15, 0.2) is 64.6 Å². The molecule has 0 unspecified atom stereocenters. The number of aliphatic imine (C=N–C) groups is 1. The second kappa shape index (κ2) is 12.0. The second-order valence-corrected chi connectivity index (χ2v) is 11.1. The molecule has 3 aromatic rings. The van der Waals surface area contributed by atoms with Gasteiger partial charge in [0, 0.05) is 25.7 Å². The molecule has 1 aliphatic heterocycles. The number of alkyl halides is 3. The van der Waals surface area contributed by atoms with E-state index in [4.69, 9.17) is 21.5 Å². The number of benzene rings is 2. The van der Waals surface area contributed by atoms with Crippen molar-refractivity contribution in [3.63, 3.8) is 0 Å². The number of aromatic nitrogens is 1. The van der Waals surface area contributed by atoms with Crippen LogP contribution in [0.4, 0.5) is 24.5 Å². The van der Waals surface area contributed by atoms with Crippen molar-refractivity contribution >= 4 is 79.0 Å². The SMILES string of the molecule is CN(C)S(=O)(=O)Nc1ccc(Cl)c(N=C2NC(=O)/C(=C/c3ccc4ncccc4c3)S2)c1.O=C(O)C(F)(F)F. The first-order valence-electron chi connectivity index (χ1n) is 10.6. The molecule has 1 aromatic heterocycles. The van der Waals surface area contributed by atoms with Gasteiger partial charge in [0.1, 0.15) is 0 Å². The molecule has 0 bridgehead atoms. The highest BCUT2D eigenvalue weighted by Crippen LogP contribution is 2.33. The molecule has 0 aliphatic carbocycles. The van der Waals surface area contributed by atoms with Crippen molar-refractivity contribution in [1.82, 2.24) is 14.6 Å². The van der Waals surface area contributed by atoms with Crippen LogP contribution in [0.3, 0.4) is 0 Å². The zero-order chi connectivity index (χ0) is 29.0. The number of fused-ring (bicyclic) bond motifs is 1. The highest BCUT2D eigenvalue weighted by molar-refractivity contribution is 8.18. The lowest BCUT2D eigenvalue weighted by molar-refractivity contribution is -0.192. The summed E-state index contributed by atoms with van der Waals surface area (Å²) in [5.41, 5.74) is 2.37. The van der Waals surface area contributed by atoms with Crippen LogP contribution in [-0.2, 0) is 19.8 Å². The summed E-state index contributed by atoms with van der Waals surface area (Å²) < 4.78 is 59.3. The standard InChI is InChI=1S/C21H18ClN5O3S2.C2HF3O2/c1-27(2)32(29,30)26-15-6-7-16(22)18(12-15)24-21-25-20(28)19(31-21)11-13-5-8-17-14(10-13)4-3-9-23-17;3-2(4,5)1(6)7/h3-12,26H,1-2H3,(H,24,25,28);(H,6,7)/b19-11-;. The van der Waals surface area contributed by atoms with Gasteiger partial charge < -0.3 is 10.4 Å². The summed E-state index contributed by atoms with van der Waals surface area (Å²) in [6.45, 7) is 0. The predicted octanol–water partition coefficient (Wildman–Crippen LogP) is 4.63. The van der Waals surface area contributed by atoms with Gasteiger partial charge in [0.15, 0.2) is 5.17 Å². The zero-order valence-electron chi connectivity index (χ0n) is 20.0. The van der Waals surface area contributed by atoms with Crippen molar-refractivity contribution in [3.05, 3.63) is 70.2 Å². The molecule has 206 valence electrons. The number of carboxylic acids is 1. The molecular formula is C23H19ClF3N5O5S2. The summed E-state index contributed by atoms with van der Waals surface area (Å²) in [5, 5.41) is 11.5. The number of halogens is 4. The van der Waals surface area contributed by atoms with Crippen molar-refractivity contribution < 1.29 is 36.3 Å². The first-order chi connectivity index (χ1) is 18.2. The third-order valence-corrected chi connectivity index (χ3v) is 7.40. The Morgan fingerprint density at radius 1 is 1.21 bits per heavy atom. The molecule has 1 saturated heterocycles. The molecule has 0 spiro atoms. The number of carboxylic acid groups (broad SMARTS) is 1. The van der Waals surface area contributed by atoms with Gasteiger partial charge in [0.2, 0.25) is 0 Å². The lowest BCUT2D eigenvalue weighted by Gasteiger charge is -2.13. The van der Waals surface area contributed by atoms with E-state index in [1.165, 1.54) is 44.1 Å². The number of rotatable bonds is 5. The van der Waals surface area contributed by atoms with Crippen molar-refractivity contribution in [1.29, 1.82) is 0 Å². The molecule has 0 saturated carbocycles. The maximum absolute atomic E-state index is 12.4. The first kappa shape index (κ1) is 29.9. The van der Waals surface area contributed by atoms with Crippen LogP contribution >= 0.6 is 23.4 Å². The lowest BCUT2D eigenvalue weighted by Crippen LogP contribution is -2.28. The van der Waals surface area contributed by atoms with Crippen LogP contribution in [0, 0.1) is 0 Å². The van der Waals surface area contributed by atoms with E-state index in [1.54, 1.807) is 12.3 Å². The zero-order valence-corrected chi connectivity index (χ0v) is 22.4. The van der Waals surface area contributed by atoms with Gasteiger partial charge in [-0.05, 0) is 59.8 Å². The summed E-state index contributed by atoms with van der Waals surface area (Å²) >= 11 is 7.40. The monoisotopic (exact) mass is 601 g/mol. The smallest absolute Gasteiger partial charge is 0.475 e. The molecule has 0 radical (unpaired) electrons. The third kappa shape index (κ3) is 8.16. The number of hydrogen-bond donors (Lipinski definition) is 3. The Balaban J connectivity index is 0.000000532. The Morgan fingerprint density at radius 3 is 2.54 bits per heavy atom. The number of hydrogen-bond acceptors (Lipinski definition) is 7. The lowest BCUT2D eigenvalue weighted by atomic mass is 10.1. The van der Waals surface area contributed by atoms with Crippen LogP contribution in [0.1, 0.15) is 5.56 Å². The number of anilines is 1. The maximum atomic E-state index is 12.4. The average Bonchev–Trinajstić information content (AvgIpc) is 3.19. The van der Waals surface area contributed by atoms with E-state index in [2.05, 4.69) is 20.0 Å². The molecule has 4 rings (SSSR count). The van der Waals surface area contributed by atoms with Crippen LogP contribution in [-0.4, -0.2) is 60.1 Å². The Morgan fingerprint density at radius 2 is 1.90 bits per heavy atom. The van der Waals surface area contributed by atoms with Crippen molar-refractivity contribution in [3.8, 4) is 0 Å². The highest BCUT2D eigenvalue weighted by Gasteiger charge is 2.38. The fraction of sp³-hybridized carbons (Fsp3) is 0.130. The van der Waals surface area contributed by atoms with Gasteiger partial charge in [-0.1, -0.05) is 23.7 Å². The molecule has 39 heavy (non-hydrogen) atoms. The van der Waals surface area contributed by atoms with Crippen molar-refractivity contribution in [2.45, 2.75) is 6.18 Å². The minimum Gasteiger partial charge on any atom is -0.475 e. The van der Waals surface area contributed by atoms with E-state index in [0.29, 0.717) is 26.5 Å². The molecule has 1 amide bonds. The van der Waals surface area contributed by atoms with Gasteiger partial charge in [-0.25, -0.2) is 9.79 Å². The summed E-state index contributed by atoms with van der Waals surface area (Å²) in [7, 11) is -0.831. The fourth-order valence-electron chi connectivity index (χ4n) is 2.83. The number of amidine groups is 1. The minimum absolute atomic E-state index is 0.277. The molecule has 16 heteroatoms. The van der Waals surface area contributed by atoms with Gasteiger partial charge in [0.05, 0.1) is 26.8 Å². The molecule has 2 aromatic carbocycles. The topological polar surface area (TPSA) is 141 Å². The normalized spacial score (nSPS) is 15.8. The Labute approximate surface area is 229 Å². The summed E-state index contributed by atoms with van der Waals surface area (Å²) in [5.74, 6) is -3.03. The molecule has 2 heterocycles. The highest BCUT2D eigenvalue weighted by atomic mass is 35.5. The van der Waals surface area contributed by atoms with Crippen molar-refractivity contribution in [2.24, 2.45) is 4.99 Å². The Hall–Kier alpha value is -3.66. The van der Waals surface area contributed by atoms with E-state index in [-0.39, 0.29) is 5.91 Å². The number of carbonyl (C=O) groups is 2. The number of carbonyl (C=O) groups excluding carboxylic acids is 1. The van der Waals surface area contributed by atoms with E-state index in [9.17, 15) is 26.4 Å². The quantitative estimate of drug-likeness (QED) is 0.362. The van der Waals surface area contributed by atoms with E-state index < -0.39 is 22.4 Å². The van der Waals surface area contributed by atoms with Crippen LogP contribution in [0.2, 0.25) is 5.02 Å². The van der Waals surface area contributed by atoms with Crippen LogP contribution in [0.25, 0.3) is 17.0 Å². The van der Waals surface area contributed by atoms with Crippen LogP contribution in [0.5, 0.6) is 0 Å². The fourth-order valence-corrected chi connectivity index (χ4v) is 4.43. The minimum atomic E-state index is -5.08. The van der Waals surface area contributed by atoms with E-state index in [1.807, 2.05) is 30.3 Å². The average molecular weight is 602 g/mol. The number of thioether (sulfide) groups is 1. The third-order valence-electron chi connectivity index (χ3n) is 4.71. The molecule has 0 atom stereocenters. The van der Waals surface area contributed by atoms with E-state index >= 15 is 0 Å². The molecule has 1 fully saturated rings.